The molecule has 0 unspecified atom stereocenters. The number of rotatable bonds is 3. The van der Waals surface area contributed by atoms with Gasteiger partial charge in [-0.25, -0.2) is 15.0 Å². The van der Waals surface area contributed by atoms with Crippen molar-refractivity contribution in [3.05, 3.63) is 72.2 Å². The van der Waals surface area contributed by atoms with Crippen LogP contribution in [0.15, 0.2) is 60.9 Å². The van der Waals surface area contributed by atoms with Crippen molar-refractivity contribution in [1.82, 2.24) is 15.0 Å². The van der Waals surface area contributed by atoms with Crippen LogP contribution in [0.2, 0.25) is 0 Å². The maximum atomic E-state index is 12.7. The monoisotopic (exact) mass is 400 g/mol. The van der Waals surface area contributed by atoms with Crippen molar-refractivity contribution in [3.8, 4) is 10.7 Å². The van der Waals surface area contributed by atoms with Gasteiger partial charge in [-0.2, -0.15) is 13.2 Å². The number of hydrogen-bond donors (Lipinski definition) is 1. The molecule has 0 saturated heterocycles. The average molecular weight is 400 g/mol. The third-order valence-electron chi connectivity index (χ3n) is 3.88. The molecule has 0 aliphatic carbocycles. The minimum atomic E-state index is -4.44. The summed E-state index contributed by atoms with van der Waals surface area (Å²) in [5.74, 6) is -0.581. The Morgan fingerprint density at radius 3 is 2.39 bits per heavy atom. The van der Waals surface area contributed by atoms with E-state index >= 15 is 0 Å². The zero-order valence-corrected chi connectivity index (χ0v) is 14.9. The van der Waals surface area contributed by atoms with Gasteiger partial charge in [0.25, 0.3) is 5.91 Å². The van der Waals surface area contributed by atoms with Crippen molar-refractivity contribution in [3.63, 3.8) is 0 Å². The van der Waals surface area contributed by atoms with Crippen LogP contribution in [0.25, 0.3) is 20.9 Å². The van der Waals surface area contributed by atoms with Crippen molar-refractivity contribution >= 4 is 33.1 Å². The molecular formula is C19H11F3N4OS. The molecule has 4 rings (SSSR count). The highest BCUT2D eigenvalue weighted by atomic mass is 32.1. The van der Waals surface area contributed by atoms with Gasteiger partial charge in [-0.05, 0) is 36.4 Å². The average Bonchev–Trinajstić information content (AvgIpc) is 3.12. The molecule has 1 N–H and O–H groups in total. The second-order valence-corrected chi connectivity index (χ2v) is 6.80. The number of nitrogens with one attached hydrogen (secondary N) is 1. The van der Waals surface area contributed by atoms with Gasteiger partial charge in [0, 0.05) is 18.1 Å². The molecule has 28 heavy (non-hydrogen) atoms. The number of carbonyl (C=O) groups excluding carboxylic acids is 1. The lowest BCUT2D eigenvalue weighted by Gasteiger charge is -2.09. The Balaban J connectivity index is 1.63. The van der Waals surface area contributed by atoms with Crippen LogP contribution in [-0.2, 0) is 6.18 Å². The van der Waals surface area contributed by atoms with Crippen molar-refractivity contribution in [2.45, 2.75) is 6.18 Å². The fraction of sp³-hybridized carbons (Fsp3) is 0.0526. The van der Waals surface area contributed by atoms with Gasteiger partial charge in [0.2, 0.25) is 0 Å². The van der Waals surface area contributed by atoms with E-state index in [1.54, 1.807) is 0 Å². The highest BCUT2D eigenvalue weighted by Gasteiger charge is 2.30. The largest absolute Gasteiger partial charge is 0.416 e. The summed E-state index contributed by atoms with van der Waals surface area (Å²) in [6, 6.07) is 11.7. The Bertz CT molecular complexity index is 1120. The van der Waals surface area contributed by atoms with E-state index in [1.807, 2.05) is 24.3 Å². The molecule has 0 spiro atoms. The first kappa shape index (κ1) is 18.1. The molecule has 2 aromatic heterocycles. The van der Waals surface area contributed by atoms with Crippen LogP contribution in [0, 0.1) is 0 Å². The Morgan fingerprint density at radius 2 is 1.68 bits per heavy atom. The number of alkyl halides is 3. The number of para-hydroxylation sites is 1. The summed E-state index contributed by atoms with van der Waals surface area (Å²) in [6.07, 6.45) is -1.61. The minimum absolute atomic E-state index is 0.0430. The predicted molar refractivity (Wildman–Crippen MR) is 100 cm³/mol. The molecule has 1 amide bonds. The second kappa shape index (κ2) is 7.01. The topological polar surface area (TPSA) is 67.8 Å². The maximum Gasteiger partial charge on any atom is 0.416 e. The van der Waals surface area contributed by atoms with Gasteiger partial charge in [-0.1, -0.05) is 12.1 Å². The van der Waals surface area contributed by atoms with Crippen LogP contribution in [0.4, 0.5) is 18.9 Å². The number of anilines is 1. The quantitative estimate of drug-likeness (QED) is 0.524. The lowest BCUT2D eigenvalue weighted by atomic mass is 10.2. The van der Waals surface area contributed by atoms with E-state index in [0.29, 0.717) is 10.7 Å². The van der Waals surface area contributed by atoms with Crippen molar-refractivity contribution in [1.29, 1.82) is 0 Å². The summed E-state index contributed by atoms with van der Waals surface area (Å²) >= 11 is 1.37. The number of nitrogens with zero attached hydrogens (tertiary/aromatic N) is 3. The standard InChI is InChI=1S/C19H11F3N4OS/c20-19(21,22)11-5-7-12(8-6-11)25-17(27)15-16(24-10-9-23-15)18-26-13-3-1-2-4-14(13)28-18/h1-10H,(H,25,27). The molecule has 0 fully saturated rings. The lowest BCUT2D eigenvalue weighted by Crippen LogP contribution is -2.16. The molecule has 0 aliphatic rings. The molecule has 0 bridgehead atoms. The van der Waals surface area contributed by atoms with E-state index in [0.717, 1.165) is 22.3 Å². The lowest BCUT2D eigenvalue weighted by molar-refractivity contribution is -0.137. The minimum Gasteiger partial charge on any atom is -0.321 e. The smallest absolute Gasteiger partial charge is 0.321 e. The molecule has 0 atom stereocenters. The summed E-state index contributed by atoms with van der Waals surface area (Å²) < 4.78 is 38.9. The molecule has 0 radical (unpaired) electrons. The normalized spacial score (nSPS) is 11.5. The van der Waals surface area contributed by atoms with Crippen LogP contribution >= 0.6 is 11.3 Å². The Morgan fingerprint density at radius 1 is 0.964 bits per heavy atom. The summed E-state index contributed by atoms with van der Waals surface area (Å²) in [6.45, 7) is 0. The molecule has 0 saturated carbocycles. The second-order valence-electron chi connectivity index (χ2n) is 5.77. The van der Waals surface area contributed by atoms with Gasteiger partial charge < -0.3 is 5.32 Å². The molecule has 5 nitrogen and oxygen atoms in total. The number of amides is 1. The third kappa shape index (κ3) is 3.56. The first-order chi connectivity index (χ1) is 13.4. The molecular weight excluding hydrogens is 389 g/mol. The summed E-state index contributed by atoms with van der Waals surface area (Å²) in [4.78, 5) is 25.4. The molecule has 9 heteroatoms. The number of benzene rings is 2. The molecule has 140 valence electrons. The number of halogens is 3. The van der Waals surface area contributed by atoms with Crippen LogP contribution in [0.1, 0.15) is 16.1 Å². The van der Waals surface area contributed by atoms with E-state index in [1.165, 1.54) is 35.9 Å². The first-order valence-corrected chi connectivity index (χ1v) is 8.89. The fourth-order valence-corrected chi connectivity index (χ4v) is 3.53. The van der Waals surface area contributed by atoms with E-state index in [4.69, 9.17) is 0 Å². The SMILES string of the molecule is O=C(Nc1ccc(C(F)(F)F)cc1)c1nccnc1-c1nc2ccccc2s1. The van der Waals surface area contributed by atoms with Gasteiger partial charge in [-0.15, -0.1) is 11.3 Å². The van der Waals surface area contributed by atoms with Crippen LogP contribution in [-0.4, -0.2) is 20.9 Å². The number of hydrogen-bond acceptors (Lipinski definition) is 5. The summed E-state index contributed by atoms with van der Waals surface area (Å²) in [5.41, 5.74) is 0.566. The molecule has 0 aliphatic heterocycles. The molecule has 2 aromatic carbocycles. The summed E-state index contributed by atoms with van der Waals surface area (Å²) in [5, 5.41) is 3.08. The Hall–Kier alpha value is -3.33. The highest BCUT2D eigenvalue weighted by molar-refractivity contribution is 7.21. The van der Waals surface area contributed by atoms with Crippen molar-refractivity contribution in [2.24, 2.45) is 0 Å². The van der Waals surface area contributed by atoms with Gasteiger partial charge >= 0.3 is 6.18 Å². The first-order valence-electron chi connectivity index (χ1n) is 8.07. The Labute approximate surface area is 160 Å². The van der Waals surface area contributed by atoms with E-state index in [2.05, 4.69) is 20.3 Å². The van der Waals surface area contributed by atoms with E-state index in [9.17, 15) is 18.0 Å². The van der Waals surface area contributed by atoms with Crippen molar-refractivity contribution < 1.29 is 18.0 Å². The van der Waals surface area contributed by atoms with Crippen molar-refractivity contribution in [2.75, 3.05) is 5.32 Å². The van der Waals surface area contributed by atoms with Crippen LogP contribution in [0.3, 0.4) is 0 Å². The van der Waals surface area contributed by atoms with Crippen LogP contribution in [0.5, 0.6) is 0 Å². The zero-order chi connectivity index (χ0) is 19.7. The number of fused-ring (bicyclic) bond motifs is 1. The number of carbonyl (C=O) groups is 1. The van der Waals surface area contributed by atoms with E-state index in [-0.39, 0.29) is 11.4 Å². The van der Waals surface area contributed by atoms with Crippen LogP contribution < -0.4 is 5.32 Å². The number of aromatic nitrogens is 3. The summed E-state index contributed by atoms with van der Waals surface area (Å²) in [7, 11) is 0. The zero-order valence-electron chi connectivity index (χ0n) is 14.1. The predicted octanol–water partition coefficient (Wildman–Crippen LogP) is 5.02. The number of thiazole rings is 1. The van der Waals surface area contributed by atoms with Gasteiger partial charge in [-0.3, -0.25) is 4.79 Å². The highest BCUT2D eigenvalue weighted by Crippen LogP contribution is 2.31. The van der Waals surface area contributed by atoms with Gasteiger partial charge in [0.15, 0.2) is 5.69 Å². The van der Waals surface area contributed by atoms with Gasteiger partial charge in [0.05, 0.1) is 15.8 Å². The maximum absolute atomic E-state index is 12.7. The molecule has 4 aromatic rings. The third-order valence-corrected chi connectivity index (χ3v) is 4.92. The Kier molecular flexibility index (Phi) is 4.52. The van der Waals surface area contributed by atoms with Gasteiger partial charge in [0.1, 0.15) is 10.7 Å². The van der Waals surface area contributed by atoms with E-state index < -0.39 is 17.6 Å². The fourth-order valence-electron chi connectivity index (χ4n) is 2.57. The molecule has 2 heterocycles.